The van der Waals surface area contributed by atoms with E-state index in [1.54, 1.807) is 11.8 Å². The number of hydrogen-bond acceptors (Lipinski definition) is 5. The van der Waals surface area contributed by atoms with Crippen molar-refractivity contribution >= 4 is 17.6 Å². The highest BCUT2D eigenvalue weighted by atomic mass is 19.4. The maximum atomic E-state index is 13.4. The minimum atomic E-state index is -4.57. The summed E-state index contributed by atoms with van der Waals surface area (Å²) in [7, 11) is 0. The van der Waals surface area contributed by atoms with E-state index in [0.717, 1.165) is 16.1 Å². The number of amides is 2. The maximum absolute atomic E-state index is 13.4. The molecule has 1 aliphatic heterocycles. The Morgan fingerprint density at radius 3 is 2.68 bits per heavy atom. The molecule has 11 heteroatoms. The predicted octanol–water partition coefficient (Wildman–Crippen LogP) is 3.69. The van der Waals surface area contributed by atoms with Crippen molar-refractivity contribution in [2.24, 2.45) is 0 Å². The van der Waals surface area contributed by atoms with Gasteiger partial charge in [0.05, 0.1) is 5.69 Å². The molecule has 3 heterocycles. The van der Waals surface area contributed by atoms with Gasteiger partial charge in [0.15, 0.2) is 5.65 Å². The van der Waals surface area contributed by atoms with E-state index in [0.29, 0.717) is 18.7 Å². The lowest BCUT2D eigenvalue weighted by atomic mass is 10.1. The topological polar surface area (TPSA) is 88.8 Å². The largest absolute Gasteiger partial charge is 0.445 e. The van der Waals surface area contributed by atoms with Crippen molar-refractivity contribution in [3.63, 3.8) is 0 Å². The molecule has 1 aliphatic rings. The van der Waals surface area contributed by atoms with Crippen molar-refractivity contribution in [2.45, 2.75) is 45.0 Å². The third-order valence-electron chi connectivity index (χ3n) is 5.70. The minimum Gasteiger partial charge on any atom is -0.445 e. The number of fused-ring (bicyclic) bond motifs is 1. The summed E-state index contributed by atoms with van der Waals surface area (Å²) in [5.74, 6) is -0.530. The highest BCUT2D eigenvalue weighted by Crippen LogP contribution is 2.32. The number of nitrogens with zero attached hydrogens (tertiary/aromatic N) is 4. The van der Waals surface area contributed by atoms with Crippen molar-refractivity contribution in [3.8, 4) is 0 Å². The summed E-state index contributed by atoms with van der Waals surface area (Å²) in [6.07, 6.45) is -4.73. The van der Waals surface area contributed by atoms with Crippen LogP contribution in [0, 0.1) is 6.92 Å². The molecule has 0 aliphatic carbocycles. The molecular formula is C23H24F3N5O3. The first-order valence-electron chi connectivity index (χ1n) is 10.8. The molecule has 1 saturated heterocycles. The van der Waals surface area contributed by atoms with Gasteiger partial charge in [-0.05, 0) is 31.9 Å². The number of rotatable bonds is 5. The Morgan fingerprint density at radius 1 is 1.24 bits per heavy atom. The molecule has 4 rings (SSSR count). The quantitative estimate of drug-likeness (QED) is 0.608. The van der Waals surface area contributed by atoms with Gasteiger partial charge in [-0.2, -0.15) is 18.3 Å². The lowest BCUT2D eigenvalue weighted by molar-refractivity contribution is -0.142. The second-order valence-electron chi connectivity index (χ2n) is 8.32. The molecular weight excluding hydrogens is 451 g/mol. The number of hydrogen-bond donors (Lipinski definition) is 1. The van der Waals surface area contributed by atoms with Crippen molar-refractivity contribution < 1.29 is 27.5 Å². The molecule has 1 N–H and O–H groups in total. The van der Waals surface area contributed by atoms with E-state index in [-0.39, 0.29) is 36.3 Å². The van der Waals surface area contributed by atoms with E-state index in [1.807, 2.05) is 30.3 Å². The van der Waals surface area contributed by atoms with Gasteiger partial charge in [-0.25, -0.2) is 14.3 Å². The smallest absolute Gasteiger partial charge is 0.433 e. The number of carbonyl (C=O) groups excluding carboxylic acids is 2. The number of aromatic nitrogens is 3. The molecule has 8 nitrogen and oxygen atoms in total. The number of ether oxygens (including phenoxy) is 1. The Labute approximate surface area is 193 Å². The molecule has 1 fully saturated rings. The van der Waals surface area contributed by atoms with E-state index >= 15 is 0 Å². The molecule has 0 spiro atoms. The van der Waals surface area contributed by atoms with E-state index in [1.165, 1.54) is 13.0 Å². The molecule has 1 aromatic carbocycles. The van der Waals surface area contributed by atoms with Crippen LogP contribution >= 0.6 is 0 Å². The minimum absolute atomic E-state index is 0.0840. The fraction of sp³-hybridized carbons (Fsp3) is 0.391. The van der Waals surface area contributed by atoms with Gasteiger partial charge in [0.25, 0.3) is 0 Å². The first-order valence-corrected chi connectivity index (χ1v) is 10.8. The number of alkyl carbamates (subject to hydrolysis) is 1. The summed E-state index contributed by atoms with van der Waals surface area (Å²) < 4.78 is 46.2. The van der Waals surface area contributed by atoms with Crippen LogP contribution in [-0.2, 0) is 22.3 Å². The van der Waals surface area contributed by atoms with Crippen LogP contribution in [0.3, 0.4) is 0 Å². The summed E-state index contributed by atoms with van der Waals surface area (Å²) in [5.41, 5.74) is 0.738. The van der Waals surface area contributed by atoms with Gasteiger partial charge in [-0.3, -0.25) is 4.79 Å². The fourth-order valence-corrected chi connectivity index (χ4v) is 4.00. The normalized spacial score (nSPS) is 17.1. The maximum Gasteiger partial charge on any atom is 0.433 e. The van der Waals surface area contributed by atoms with E-state index < -0.39 is 24.0 Å². The zero-order valence-corrected chi connectivity index (χ0v) is 18.7. The molecule has 0 unspecified atom stereocenters. The Kier molecular flexibility index (Phi) is 6.45. The predicted molar refractivity (Wildman–Crippen MR) is 116 cm³/mol. The highest BCUT2D eigenvalue weighted by molar-refractivity contribution is 5.85. The number of benzene rings is 1. The molecule has 2 amide bonds. The summed E-state index contributed by atoms with van der Waals surface area (Å²) in [6, 6.07) is 10.8. The lowest BCUT2D eigenvalue weighted by Gasteiger charge is -2.21. The van der Waals surface area contributed by atoms with Gasteiger partial charge >= 0.3 is 12.3 Å². The third-order valence-corrected chi connectivity index (χ3v) is 5.70. The second-order valence-corrected chi connectivity index (χ2v) is 8.32. The number of alkyl halides is 3. The third kappa shape index (κ3) is 5.13. The van der Waals surface area contributed by atoms with E-state index in [4.69, 9.17) is 4.74 Å². The highest BCUT2D eigenvalue weighted by Gasteiger charge is 2.36. The van der Waals surface area contributed by atoms with Crippen molar-refractivity contribution in [1.82, 2.24) is 24.8 Å². The standard InChI is InChI=1S/C23H24F3N5O3/c1-14-10-19(23(24,25)26)31-20(27-14)11-18(29-31)17-8-9-30(12-17)21(32)15(2)28-22(33)34-13-16-6-4-3-5-7-16/h3-7,10-11,15,17H,8-9,12-13H2,1-2H3,(H,28,33)/t15-,17-/m0/s1. The van der Waals surface area contributed by atoms with Crippen molar-refractivity contribution in [1.29, 1.82) is 0 Å². The molecule has 2 atom stereocenters. The first-order chi connectivity index (χ1) is 16.1. The Morgan fingerprint density at radius 2 is 1.97 bits per heavy atom. The summed E-state index contributed by atoms with van der Waals surface area (Å²) in [4.78, 5) is 30.6. The van der Waals surface area contributed by atoms with Gasteiger partial charge in [-0.15, -0.1) is 0 Å². The Hall–Kier alpha value is -3.63. The average molecular weight is 475 g/mol. The monoisotopic (exact) mass is 475 g/mol. The molecule has 2 aromatic heterocycles. The van der Waals surface area contributed by atoms with Gasteiger partial charge in [0.1, 0.15) is 18.3 Å². The zero-order valence-electron chi connectivity index (χ0n) is 18.7. The number of carbonyl (C=O) groups is 2. The van der Waals surface area contributed by atoms with Gasteiger partial charge in [0.2, 0.25) is 5.91 Å². The van der Waals surface area contributed by atoms with Crippen LogP contribution in [0.4, 0.5) is 18.0 Å². The van der Waals surface area contributed by atoms with Crippen LogP contribution in [0.5, 0.6) is 0 Å². The molecule has 34 heavy (non-hydrogen) atoms. The lowest BCUT2D eigenvalue weighted by Crippen LogP contribution is -2.46. The average Bonchev–Trinajstić information content (AvgIpc) is 3.43. The van der Waals surface area contributed by atoms with Gasteiger partial charge < -0.3 is 15.0 Å². The van der Waals surface area contributed by atoms with Crippen LogP contribution in [0.1, 0.15) is 41.9 Å². The van der Waals surface area contributed by atoms with Gasteiger partial charge in [0, 0.05) is 30.8 Å². The summed E-state index contributed by atoms with van der Waals surface area (Å²) in [5, 5.41) is 6.67. The summed E-state index contributed by atoms with van der Waals surface area (Å²) >= 11 is 0. The molecule has 0 bridgehead atoms. The van der Waals surface area contributed by atoms with Crippen LogP contribution in [-0.4, -0.2) is 50.6 Å². The Bertz CT molecular complexity index is 1200. The van der Waals surface area contributed by atoms with Crippen LogP contribution in [0.2, 0.25) is 0 Å². The second kappa shape index (κ2) is 9.32. The first kappa shape index (κ1) is 23.5. The fourth-order valence-electron chi connectivity index (χ4n) is 4.00. The number of halogens is 3. The zero-order chi connectivity index (χ0) is 24.5. The van der Waals surface area contributed by atoms with Crippen molar-refractivity contribution in [2.75, 3.05) is 13.1 Å². The van der Waals surface area contributed by atoms with E-state index in [2.05, 4.69) is 15.4 Å². The molecule has 0 radical (unpaired) electrons. The Balaban J connectivity index is 1.37. The van der Waals surface area contributed by atoms with Crippen LogP contribution < -0.4 is 5.32 Å². The number of likely N-dealkylation sites (tertiary alicyclic amines) is 1. The van der Waals surface area contributed by atoms with Crippen LogP contribution in [0.25, 0.3) is 5.65 Å². The SMILES string of the molecule is Cc1cc(C(F)(F)F)n2nc([C@H]3CCN(C(=O)[C@H](C)NC(=O)OCc4ccccc4)C3)cc2n1. The van der Waals surface area contributed by atoms with E-state index in [9.17, 15) is 22.8 Å². The number of nitrogens with one attached hydrogen (secondary N) is 1. The van der Waals surface area contributed by atoms with Crippen LogP contribution in [0.15, 0.2) is 42.5 Å². The van der Waals surface area contributed by atoms with Crippen molar-refractivity contribution in [3.05, 3.63) is 65.1 Å². The number of aryl methyl sites for hydroxylation is 1. The summed E-state index contributed by atoms with van der Waals surface area (Å²) in [6.45, 7) is 3.83. The molecule has 3 aromatic rings. The molecule has 180 valence electrons. The molecule has 0 saturated carbocycles. The van der Waals surface area contributed by atoms with Gasteiger partial charge in [-0.1, -0.05) is 30.3 Å².